The van der Waals surface area contributed by atoms with Crippen LogP contribution in [0, 0.1) is 5.92 Å². The van der Waals surface area contributed by atoms with Crippen molar-refractivity contribution in [2.24, 2.45) is 5.92 Å². The number of aliphatic hydroxyl groups is 1. The molecule has 1 aromatic rings. The van der Waals surface area contributed by atoms with Crippen LogP contribution in [0.4, 0.5) is 0 Å². The van der Waals surface area contributed by atoms with Crippen molar-refractivity contribution in [2.45, 2.75) is 39.4 Å². The molecule has 0 saturated carbocycles. The number of rotatable bonds is 6. The first-order valence-corrected chi connectivity index (χ1v) is 7.01. The van der Waals surface area contributed by atoms with E-state index < -0.39 is 11.7 Å². The highest BCUT2D eigenvalue weighted by Gasteiger charge is 2.30. The van der Waals surface area contributed by atoms with Crippen LogP contribution < -0.4 is 10.1 Å². The van der Waals surface area contributed by atoms with E-state index in [-0.39, 0.29) is 18.4 Å². The third kappa shape index (κ3) is 5.02. The minimum atomic E-state index is -1.04. The molecule has 1 unspecified atom stereocenters. The molecule has 0 saturated heterocycles. The van der Waals surface area contributed by atoms with Crippen molar-refractivity contribution in [3.63, 3.8) is 0 Å². The van der Waals surface area contributed by atoms with Gasteiger partial charge in [-0.2, -0.15) is 0 Å². The lowest BCUT2D eigenvalue weighted by Crippen LogP contribution is -2.49. The summed E-state index contributed by atoms with van der Waals surface area (Å²) in [5.41, 5.74) is -1.04. The predicted octanol–water partition coefficient (Wildman–Crippen LogP) is 2.63. The van der Waals surface area contributed by atoms with E-state index in [9.17, 15) is 9.90 Å². The van der Waals surface area contributed by atoms with Gasteiger partial charge in [0.15, 0.2) is 5.60 Å². The summed E-state index contributed by atoms with van der Waals surface area (Å²) in [7, 11) is 0. The summed E-state index contributed by atoms with van der Waals surface area (Å²) < 4.78 is 5.66. The summed E-state index contributed by atoms with van der Waals surface area (Å²) >= 11 is 5.88. The van der Waals surface area contributed by atoms with Gasteiger partial charge in [0.25, 0.3) is 5.91 Å². The SMILES string of the molecule is CC(C)C(O)CNC(=O)C(C)(C)Oc1cccc(Cl)c1. The Morgan fingerprint density at radius 2 is 2.10 bits per heavy atom. The van der Waals surface area contributed by atoms with Crippen LogP contribution in [0.15, 0.2) is 24.3 Å². The fraction of sp³-hybridized carbons (Fsp3) is 0.533. The molecule has 0 bridgehead atoms. The maximum atomic E-state index is 12.1. The molecule has 0 aliphatic carbocycles. The summed E-state index contributed by atoms with van der Waals surface area (Å²) in [6, 6.07) is 6.89. The zero-order valence-corrected chi connectivity index (χ0v) is 13.1. The van der Waals surface area contributed by atoms with Crippen molar-refractivity contribution in [1.82, 2.24) is 5.32 Å². The molecule has 1 amide bonds. The number of hydrogen-bond acceptors (Lipinski definition) is 3. The largest absolute Gasteiger partial charge is 0.478 e. The maximum absolute atomic E-state index is 12.1. The zero-order chi connectivity index (χ0) is 15.3. The van der Waals surface area contributed by atoms with Crippen molar-refractivity contribution in [1.29, 1.82) is 0 Å². The van der Waals surface area contributed by atoms with E-state index in [4.69, 9.17) is 16.3 Å². The molecule has 0 radical (unpaired) electrons. The average Bonchev–Trinajstić information content (AvgIpc) is 2.34. The van der Waals surface area contributed by atoms with E-state index in [2.05, 4.69) is 5.32 Å². The molecular formula is C15H22ClNO3. The molecule has 0 heterocycles. The number of carbonyl (C=O) groups excluding carboxylic acids is 1. The zero-order valence-electron chi connectivity index (χ0n) is 12.3. The van der Waals surface area contributed by atoms with Crippen LogP contribution in [0.25, 0.3) is 0 Å². The molecule has 0 aliphatic heterocycles. The number of carbonyl (C=O) groups is 1. The first kappa shape index (κ1) is 16.8. The van der Waals surface area contributed by atoms with Gasteiger partial charge in [0, 0.05) is 11.6 Å². The Morgan fingerprint density at radius 3 is 2.65 bits per heavy atom. The third-order valence-corrected chi connectivity index (χ3v) is 3.19. The van der Waals surface area contributed by atoms with E-state index in [1.807, 2.05) is 13.8 Å². The van der Waals surface area contributed by atoms with Gasteiger partial charge in [-0.3, -0.25) is 4.79 Å². The van der Waals surface area contributed by atoms with Crippen molar-refractivity contribution in [3.05, 3.63) is 29.3 Å². The highest BCUT2D eigenvalue weighted by molar-refractivity contribution is 6.30. The molecule has 5 heteroatoms. The first-order chi connectivity index (χ1) is 9.22. The summed E-state index contributed by atoms with van der Waals surface area (Å²) in [5, 5.41) is 12.9. The van der Waals surface area contributed by atoms with Crippen LogP contribution in [-0.4, -0.2) is 29.3 Å². The van der Waals surface area contributed by atoms with Gasteiger partial charge in [0.2, 0.25) is 0 Å². The molecule has 1 rings (SSSR count). The van der Waals surface area contributed by atoms with Crippen LogP contribution >= 0.6 is 11.6 Å². The van der Waals surface area contributed by atoms with Crippen LogP contribution in [0.2, 0.25) is 5.02 Å². The molecule has 112 valence electrons. The van der Waals surface area contributed by atoms with Gasteiger partial charge in [-0.15, -0.1) is 0 Å². The molecule has 0 fully saturated rings. The maximum Gasteiger partial charge on any atom is 0.263 e. The topological polar surface area (TPSA) is 58.6 Å². The number of aliphatic hydroxyl groups excluding tert-OH is 1. The summed E-state index contributed by atoms with van der Waals surface area (Å²) in [6.45, 7) is 7.34. The van der Waals surface area contributed by atoms with Crippen LogP contribution in [0.3, 0.4) is 0 Å². The summed E-state index contributed by atoms with van der Waals surface area (Å²) in [4.78, 5) is 12.1. The lowest BCUT2D eigenvalue weighted by molar-refractivity contribution is -0.134. The number of amides is 1. The van der Waals surface area contributed by atoms with Gasteiger partial charge in [-0.1, -0.05) is 31.5 Å². The Balaban J connectivity index is 2.61. The van der Waals surface area contributed by atoms with E-state index in [1.54, 1.807) is 38.1 Å². The fourth-order valence-electron chi connectivity index (χ4n) is 1.52. The van der Waals surface area contributed by atoms with Gasteiger partial charge in [0.05, 0.1) is 6.10 Å². The highest BCUT2D eigenvalue weighted by atomic mass is 35.5. The van der Waals surface area contributed by atoms with Gasteiger partial charge in [-0.25, -0.2) is 0 Å². The monoisotopic (exact) mass is 299 g/mol. The Kier molecular flexibility index (Phi) is 5.84. The molecule has 2 N–H and O–H groups in total. The predicted molar refractivity (Wildman–Crippen MR) is 80.0 cm³/mol. The lowest BCUT2D eigenvalue weighted by Gasteiger charge is -2.26. The molecule has 20 heavy (non-hydrogen) atoms. The number of halogens is 1. The molecule has 4 nitrogen and oxygen atoms in total. The standard InChI is InChI=1S/C15H22ClNO3/c1-10(2)13(18)9-17-14(19)15(3,4)20-12-7-5-6-11(16)8-12/h5-8,10,13,18H,9H2,1-4H3,(H,17,19). The molecule has 1 aromatic carbocycles. The molecule has 0 aliphatic rings. The second kappa shape index (κ2) is 6.95. The Morgan fingerprint density at radius 1 is 1.45 bits per heavy atom. The highest BCUT2D eigenvalue weighted by Crippen LogP contribution is 2.22. The van der Waals surface area contributed by atoms with Crippen LogP contribution in [-0.2, 0) is 4.79 Å². The third-order valence-electron chi connectivity index (χ3n) is 2.96. The van der Waals surface area contributed by atoms with Crippen molar-refractivity contribution in [3.8, 4) is 5.75 Å². The van der Waals surface area contributed by atoms with Crippen molar-refractivity contribution < 1.29 is 14.6 Å². The van der Waals surface area contributed by atoms with E-state index in [1.165, 1.54) is 0 Å². The molecule has 0 aromatic heterocycles. The second-order valence-corrected chi connectivity index (χ2v) is 6.03. The van der Waals surface area contributed by atoms with Gasteiger partial charge < -0.3 is 15.2 Å². The number of benzene rings is 1. The lowest BCUT2D eigenvalue weighted by atomic mass is 10.1. The summed E-state index contributed by atoms with van der Waals surface area (Å²) in [5.74, 6) is 0.339. The van der Waals surface area contributed by atoms with Crippen LogP contribution in [0.1, 0.15) is 27.7 Å². The van der Waals surface area contributed by atoms with Gasteiger partial charge in [-0.05, 0) is 38.0 Å². The minimum Gasteiger partial charge on any atom is -0.478 e. The van der Waals surface area contributed by atoms with Gasteiger partial charge >= 0.3 is 0 Å². The molecule has 1 atom stereocenters. The summed E-state index contributed by atoms with van der Waals surface area (Å²) in [6.07, 6.45) is -0.569. The second-order valence-electron chi connectivity index (χ2n) is 5.59. The number of nitrogens with one attached hydrogen (secondary N) is 1. The Hall–Kier alpha value is -1.26. The average molecular weight is 300 g/mol. The first-order valence-electron chi connectivity index (χ1n) is 6.63. The van der Waals surface area contributed by atoms with E-state index in [0.29, 0.717) is 10.8 Å². The Bertz CT molecular complexity index is 460. The molecule has 0 spiro atoms. The number of ether oxygens (including phenoxy) is 1. The molecular weight excluding hydrogens is 278 g/mol. The van der Waals surface area contributed by atoms with E-state index >= 15 is 0 Å². The van der Waals surface area contributed by atoms with Crippen molar-refractivity contribution in [2.75, 3.05) is 6.54 Å². The van der Waals surface area contributed by atoms with Crippen LogP contribution in [0.5, 0.6) is 5.75 Å². The van der Waals surface area contributed by atoms with Gasteiger partial charge in [0.1, 0.15) is 5.75 Å². The van der Waals surface area contributed by atoms with Crippen molar-refractivity contribution >= 4 is 17.5 Å². The quantitative estimate of drug-likeness (QED) is 0.849. The normalized spacial score (nSPS) is 13.2. The number of hydrogen-bond donors (Lipinski definition) is 2. The fourth-order valence-corrected chi connectivity index (χ4v) is 1.70. The smallest absolute Gasteiger partial charge is 0.263 e. The minimum absolute atomic E-state index is 0.0901. The Labute approximate surface area is 125 Å². The van der Waals surface area contributed by atoms with E-state index in [0.717, 1.165) is 0 Å².